The highest BCUT2D eigenvalue weighted by Gasteiger charge is 2.28. The van der Waals surface area contributed by atoms with Crippen molar-refractivity contribution in [2.75, 3.05) is 6.61 Å². The number of esters is 1. The molecular formula is C15H14BrNO3. The van der Waals surface area contributed by atoms with E-state index in [0.717, 1.165) is 21.2 Å². The molecule has 0 N–H and O–H groups in total. The molecule has 1 heterocycles. The average Bonchev–Trinajstić information content (AvgIpc) is 2.80. The molecule has 0 saturated carbocycles. The third kappa shape index (κ3) is 3.20. The number of nitrogens with zero attached hydrogens (tertiary/aromatic N) is 1. The number of carbonyl (C=O) groups excluding carboxylic acids is 1. The number of benzene rings is 1. The van der Waals surface area contributed by atoms with Crippen LogP contribution < -0.4 is 0 Å². The van der Waals surface area contributed by atoms with Gasteiger partial charge in [-0.2, -0.15) is 5.26 Å². The molecule has 2 aromatic rings. The lowest BCUT2D eigenvalue weighted by atomic mass is 9.96. The second kappa shape index (κ2) is 5.68. The van der Waals surface area contributed by atoms with Gasteiger partial charge in [-0.25, -0.2) is 0 Å². The molecule has 0 unspecified atom stereocenters. The summed E-state index contributed by atoms with van der Waals surface area (Å²) in [5, 5.41) is 9.83. The Labute approximate surface area is 125 Å². The van der Waals surface area contributed by atoms with Gasteiger partial charge in [0.2, 0.25) is 0 Å². The Hall–Kier alpha value is -1.80. The monoisotopic (exact) mass is 335 g/mol. The molecule has 0 aliphatic heterocycles. The molecule has 20 heavy (non-hydrogen) atoms. The fourth-order valence-electron chi connectivity index (χ4n) is 1.66. The number of furan rings is 1. The van der Waals surface area contributed by atoms with Crippen LogP contribution >= 0.6 is 15.9 Å². The Morgan fingerprint density at radius 3 is 2.90 bits per heavy atom. The van der Waals surface area contributed by atoms with Gasteiger partial charge in [0, 0.05) is 16.3 Å². The highest BCUT2D eigenvalue weighted by Crippen LogP contribution is 2.23. The fraction of sp³-hybridized carbons (Fsp3) is 0.333. The average molecular weight is 336 g/mol. The van der Waals surface area contributed by atoms with Gasteiger partial charge in [0.05, 0.1) is 12.7 Å². The molecule has 1 aromatic heterocycles. The Kier molecular flexibility index (Phi) is 4.15. The summed E-state index contributed by atoms with van der Waals surface area (Å²) in [6.07, 6.45) is 0.486. The van der Waals surface area contributed by atoms with Crippen LogP contribution in [0.15, 0.2) is 33.2 Å². The van der Waals surface area contributed by atoms with E-state index in [1.54, 1.807) is 0 Å². The third-order valence-corrected chi connectivity index (χ3v) is 3.39. The van der Waals surface area contributed by atoms with Gasteiger partial charge < -0.3 is 9.15 Å². The van der Waals surface area contributed by atoms with E-state index < -0.39 is 11.4 Å². The molecule has 0 spiro atoms. The van der Waals surface area contributed by atoms with Crippen molar-refractivity contribution in [1.29, 1.82) is 5.26 Å². The van der Waals surface area contributed by atoms with E-state index in [1.807, 2.05) is 30.3 Å². The van der Waals surface area contributed by atoms with E-state index in [0.29, 0.717) is 6.42 Å². The standard InChI is InChI=1S/C15H14BrNO3/c1-15(2,9-17)14(18)19-6-5-12-8-10-7-11(16)3-4-13(10)20-12/h3-4,7-8H,5-6H2,1-2H3. The molecule has 104 valence electrons. The van der Waals surface area contributed by atoms with E-state index >= 15 is 0 Å². The molecular weight excluding hydrogens is 322 g/mol. The minimum Gasteiger partial charge on any atom is -0.464 e. The predicted octanol–water partition coefficient (Wildman–Crippen LogP) is 3.83. The summed E-state index contributed by atoms with van der Waals surface area (Å²) in [6.45, 7) is 3.27. The van der Waals surface area contributed by atoms with Crippen LogP contribution in [-0.2, 0) is 16.0 Å². The molecule has 0 aliphatic carbocycles. The molecule has 0 aliphatic rings. The molecule has 0 fully saturated rings. The van der Waals surface area contributed by atoms with Gasteiger partial charge in [0.25, 0.3) is 0 Å². The second-order valence-electron chi connectivity index (χ2n) is 5.02. The van der Waals surface area contributed by atoms with Gasteiger partial charge in [-0.05, 0) is 38.1 Å². The number of ether oxygens (including phenoxy) is 1. The third-order valence-electron chi connectivity index (χ3n) is 2.90. The van der Waals surface area contributed by atoms with Crippen LogP contribution in [0, 0.1) is 16.7 Å². The summed E-state index contributed by atoms with van der Waals surface area (Å²) in [6, 6.07) is 9.59. The van der Waals surface area contributed by atoms with Gasteiger partial charge in [-0.1, -0.05) is 15.9 Å². The first-order chi connectivity index (χ1) is 9.42. The highest BCUT2D eigenvalue weighted by molar-refractivity contribution is 9.10. The molecule has 2 rings (SSSR count). The van der Waals surface area contributed by atoms with Crippen molar-refractivity contribution in [1.82, 2.24) is 0 Å². The van der Waals surface area contributed by atoms with Crippen LogP contribution in [0.4, 0.5) is 0 Å². The first-order valence-electron chi connectivity index (χ1n) is 6.19. The zero-order valence-corrected chi connectivity index (χ0v) is 12.9. The number of fused-ring (bicyclic) bond motifs is 1. The number of nitriles is 1. The maximum atomic E-state index is 11.6. The summed E-state index contributed by atoms with van der Waals surface area (Å²) in [4.78, 5) is 11.6. The van der Waals surface area contributed by atoms with Crippen LogP contribution in [0.2, 0.25) is 0 Å². The van der Waals surface area contributed by atoms with Crippen LogP contribution in [0.3, 0.4) is 0 Å². The van der Waals surface area contributed by atoms with Gasteiger partial charge >= 0.3 is 5.97 Å². The summed E-state index contributed by atoms with van der Waals surface area (Å²) >= 11 is 3.40. The highest BCUT2D eigenvalue weighted by atomic mass is 79.9. The summed E-state index contributed by atoms with van der Waals surface area (Å²) in [5.74, 6) is 0.236. The van der Waals surface area contributed by atoms with Crippen molar-refractivity contribution < 1.29 is 13.9 Å². The van der Waals surface area contributed by atoms with E-state index in [9.17, 15) is 4.79 Å². The number of rotatable bonds is 4. The lowest BCUT2D eigenvalue weighted by Crippen LogP contribution is -2.25. The fourth-order valence-corrected chi connectivity index (χ4v) is 2.04. The largest absolute Gasteiger partial charge is 0.464 e. The van der Waals surface area contributed by atoms with Crippen molar-refractivity contribution in [3.63, 3.8) is 0 Å². The van der Waals surface area contributed by atoms with Crippen LogP contribution in [0.5, 0.6) is 0 Å². The number of hydrogen-bond donors (Lipinski definition) is 0. The van der Waals surface area contributed by atoms with Crippen molar-refractivity contribution in [3.8, 4) is 6.07 Å². The number of hydrogen-bond acceptors (Lipinski definition) is 4. The van der Waals surface area contributed by atoms with Crippen LogP contribution in [-0.4, -0.2) is 12.6 Å². The molecule has 1 aromatic carbocycles. The molecule has 5 heteroatoms. The molecule has 0 bridgehead atoms. The Bertz CT molecular complexity index is 682. The van der Waals surface area contributed by atoms with Gasteiger partial charge in [-0.3, -0.25) is 4.79 Å². The normalized spacial score (nSPS) is 11.3. The molecule has 0 radical (unpaired) electrons. The number of halogens is 1. The quantitative estimate of drug-likeness (QED) is 0.796. The van der Waals surface area contributed by atoms with Crippen LogP contribution in [0.1, 0.15) is 19.6 Å². The maximum Gasteiger partial charge on any atom is 0.325 e. The van der Waals surface area contributed by atoms with Crippen molar-refractivity contribution in [2.45, 2.75) is 20.3 Å². The summed E-state index contributed by atoms with van der Waals surface area (Å²) in [7, 11) is 0. The van der Waals surface area contributed by atoms with Crippen molar-refractivity contribution >= 4 is 32.9 Å². The van der Waals surface area contributed by atoms with Gasteiger partial charge in [0.1, 0.15) is 16.8 Å². The van der Waals surface area contributed by atoms with Crippen LogP contribution in [0.25, 0.3) is 11.0 Å². The minimum absolute atomic E-state index is 0.199. The van der Waals surface area contributed by atoms with Crippen molar-refractivity contribution in [2.24, 2.45) is 5.41 Å². The zero-order valence-electron chi connectivity index (χ0n) is 11.3. The van der Waals surface area contributed by atoms with Crippen molar-refractivity contribution in [3.05, 3.63) is 34.5 Å². The zero-order chi connectivity index (χ0) is 14.8. The second-order valence-corrected chi connectivity index (χ2v) is 5.93. The van der Waals surface area contributed by atoms with Gasteiger partial charge in [0.15, 0.2) is 0 Å². The first-order valence-corrected chi connectivity index (χ1v) is 6.98. The lowest BCUT2D eigenvalue weighted by molar-refractivity contribution is -0.150. The Morgan fingerprint density at radius 2 is 2.20 bits per heavy atom. The Morgan fingerprint density at radius 1 is 1.45 bits per heavy atom. The summed E-state index contributed by atoms with van der Waals surface area (Å²) < 4.78 is 11.7. The van der Waals surface area contributed by atoms with E-state index in [2.05, 4.69) is 15.9 Å². The first kappa shape index (κ1) is 14.6. The molecule has 4 nitrogen and oxygen atoms in total. The molecule has 0 amide bonds. The van der Waals surface area contributed by atoms with E-state index in [-0.39, 0.29) is 6.61 Å². The topological polar surface area (TPSA) is 63.2 Å². The SMILES string of the molecule is CC(C)(C#N)C(=O)OCCc1cc2cc(Br)ccc2o1. The predicted molar refractivity (Wildman–Crippen MR) is 78.0 cm³/mol. The maximum absolute atomic E-state index is 11.6. The summed E-state index contributed by atoms with van der Waals surface area (Å²) in [5.41, 5.74) is -0.314. The number of carbonyl (C=O) groups is 1. The smallest absolute Gasteiger partial charge is 0.325 e. The van der Waals surface area contributed by atoms with Gasteiger partial charge in [-0.15, -0.1) is 0 Å². The van der Waals surface area contributed by atoms with E-state index in [4.69, 9.17) is 14.4 Å². The Balaban J connectivity index is 1.97. The molecule has 0 atom stereocenters. The molecule has 0 saturated heterocycles. The minimum atomic E-state index is -1.11. The van der Waals surface area contributed by atoms with E-state index in [1.165, 1.54) is 13.8 Å². The lowest BCUT2D eigenvalue weighted by Gasteiger charge is -2.13.